The number of benzene rings is 1. The van der Waals surface area contributed by atoms with Crippen LogP contribution in [0.4, 0.5) is 37.4 Å². The normalized spacial score (nSPS) is 20.2. The minimum Gasteiger partial charge on any atom is -0.444 e. The number of ether oxygens (including phenoxy) is 1. The number of piperidine rings is 1. The minimum absolute atomic E-state index is 0.0197. The van der Waals surface area contributed by atoms with Crippen LogP contribution in [-0.2, 0) is 17.6 Å². The van der Waals surface area contributed by atoms with Gasteiger partial charge in [0.15, 0.2) is 5.78 Å². The molecule has 1 unspecified atom stereocenters. The number of Topliss-reactive ketones (excluding diaryl/α,β-unsaturated/α-hetero) is 1. The molecule has 1 amide bonds. The fourth-order valence-corrected chi connectivity index (χ4v) is 7.14. The number of rotatable bonds is 6. The fourth-order valence-electron chi connectivity index (χ4n) is 6.12. The number of hydrogen-bond acceptors (Lipinski definition) is 7. The summed E-state index contributed by atoms with van der Waals surface area (Å²) < 4.78 is 76.5. The number of thiazole rings is 1. The van der Waals surface area contributed by atoms with Crippen LogP contribution >= 0.6 is 11.3 Å². The summed E-state index contributed by atoms with van der Waals surface area (Å²) in [6.45, 7) is 8.90. The molecule has 1 saturated heterocycles. The van der Waals surface area contributed by atoms with Crippen molar-refractivity contribution in [3.63, 3.8) is 0 Å². The Hall–Kier alpha value is -3.61. The Balaban J connectivity index is 1.55. The lowest BCUT2D eigenvalue weighted by atomic mass is 9.88. The summed E-state index contributed by atoms with van der Waals surface area (Å²) in [5.74, 6) is -4.04. The highest BCUT2D eigenvalue weighted by molar-refractivity contribution is 7.19. The van der Waals surface area contributed by atoms with Crippen molar-refractivity contribution in [3.8, 4) is 10.6 Å². The number of carbonyl (C=O) groups is 2. The SMILES string of the molecule is CC1CCc2c1ncc(CC(=O)c1nc(-c3c(F)cccc3F)sc1NC(=O)OC(C)(C)C)c2N1C[C@@H](C)C[C@@H](C(F)(F)F)C1. The van der Waals surface area contributed by atoms with Crippen LogP contribution in [0.1, 0.15) is 80.7 Å². The highest BCUT2D eigenvalue weighted by atomic mass is 32.1. The van der Waals surface area contributed by atoms with Crippen LogP contribution in [0.3, 0.4) is 0 Å². The zero-order valence-electron chi connectivity index (χ0n) is 25.6. The molecule has 2 aromatic heterocycles. The first-order valence-corrected chi connectivity index (χ1v) is 15.6. The standard InChI is InChI=1S/C32H35F5N4O3S/c1-16-11-19(32(35,36)37)15-41(14-16)27-18(13-38-25-17(2)9-10-20(25)27)12-23(42)26-29(40-30(43)44-31(3,4)5)45-28(39-26)24-21(33)7-6-8-22(24)34/h6-8,13,16-17,19H,9-12,14-15H2,1-5H3,(H,40,43)/t16-,17?,19+/m0/s1. The smallest absolute Gasteiger partial charge is 0.412 e. The number of nitrogens with zero attached hydrogens (tertiary/aromatic N) is 3. The number of alkyl halides is 3. The first kappa shape index (κ1) is 32.8. The third kappa shape index (κ3) is 7.13. The number of carbonyl (C=O) groups excluding carboxylic acids is 2. The van der Waals surface area contributed by atoms with Crippen LogP contribution in [0.5, 0.6) is 0 Å². The van der Waals surface area contributed by atoms with Crippen LogP contribution < -0.4 is 10.2 Å². The van der Waals surface area contributed by atoms with Crippen molar-refractivity contribution in [1.82, 2.24) is 9.97 Å². The van der Waals surface area contributed by atoms with Gasteiger partial charge >= 0.3 is 12.3 Å². The number of fused-ring (bicyclic) bond motifs is 1. The van der Waals surface area contributed by atoms with Crippen LogP contribution in [0.25, 0.3) is 10.6 Å². The van der Waals surface area contributed by atoms with E-state index in [1.807, 2.05) is 6.92 Å². The van der Waals surface area contributed by atoms with Gasteiger partial charge in [-0.1, -0.05) is 31.3 Å². The van der Waals surface area contributed by atoms with Crippen LogP contribution in [-0.4, -0.2) is 46.7 Å². The second kappa shape index (κ2) is 12.3. The Morgan fingerprint density at radius 2 is 1.80 bits per heavy atom. The molecule has 3 aromatic rings. The van der Waals surface area contributed by atoms with E-state index >= 15 is 0 Å². The molecule has 3 heterocycles. The summed E-state index contributed by atoms with van der Waals surface area (Å²) in [7, 11) is 0. The van der Waals surface area contributed by atoms with Crippen LogP contribution in [0, 0.1) is 23.5 Å². The van der Waals surface area contributed by atoms with E-state index in [2.05, 4.69) is 15.3 Å². The van der Waals surface area contributed by atoms with Crippen molar-refractivity contribution in [2.24, 2.45) is 11.8 Å². The van der Waals surface area contributed by atoms with Gasteiger partial charge < -0.3 is 9.64 Å². The summed E-state index contributed by atoms with van der Waals surface area (Å²) in [6, 6.07) is 3.31. The van der Waals surface area contributed by atoms with Gasteiger partial charge in [0.25, 0.3) is 0 Å². The zero-order valence-corrected chi connectivity index (χ0v) is 26.5. The van der Waals surface area contributed by atoms with Gasteiger partial charge in [0, 0.05) is 42.7 Å². The monoisotopic (exact) mass is 650 g/mol. The fraction of sp³-hybridized carbons (Fsp3) is 0.500. The second-order valence-electron chi connectivity index (χ2n) is 12.9. The molecule has 0 spiro atoms. The summed E-state index contributed by atoms with van der Waals surface area (Å²) >= 11 is 0.715. The predicted molar refractivity (Wildman–Crippen MR) is 162 cm³/mol. The molecule has 1 fully saturated rings. The average Bonchev–Trinajstić information content (AvgIpc) is 3.49. The van der Waals surface area contributed by atoms with E-state index in [0.29, 0.717) is 35.6 Å². The van der Waals surface area contributed by atoms with E-state index in [-0.39, 0.29) is 46.9 Å². The van der Waals surface area contributed by atoms with E-state index in [1.54, 1.807) is 32.6 Å². The quantitative estimate of drug-likeness (QED) is 0.213. The molecular weight excluding hydrogens is 615 g/mol. The second-order valence-corrected chi connectivity index (χ2v) is 13.9. The number of nitrogens with one attached hydrogen (secondary N) is 1. The van der Waals surface area contributed by atoms with Crippen LogP contribution in [0.2, 0.25) is 0 Å². The van der Waals surface area contributed by atoms with E-state index in [4.69, 9.17) is 4.74 Å². The molecule has 5 rings (SSSR count). The molecule has 45 heavy (non-hydrogen) atoms. The third-order valence-corrected chi connectivity index (χ3v) is 9.01. The van der Waals surface area contributed by atoms with Gasteiger partial charge in [-0.2, -0.15) is 13.2 Å². The lowest BCUT2D eigenvalue weighted by Crippen LogP contribution is -2.46. The van der Waals surface area contributed by atoms with Crippen molar-refractivity contribution in [2.75, 3.05) is 23.3 Å². The average molecular weight is 651 g/mol. The molecule has 0 saturated carbocycles. The molecular formula is C32H35F5N4O3S. The van der Waals surface area contributed by atoms with Gasteiger partial charge in [0.1, 0.15) is 32.9 Å². The number of pyridine rings is 1. The van der Waals surface area contributed by atoms with Gasteiger partial charge in [-0.15, -0.1) is 0 Å². The predicted octanol–water partition coefficient (Wildman–Crippen LogP) is 8.33. The number of ketones is 1. The molecule has 7 nitrogen and oxygen atoms in total. The van der Waals surface area contributed by atoms with Gasteiger partial charge in [0.2, 0.25) is 0 Å². The van der Waals surface area contributed by atoms with E-state index < -0.39 is 46.8 Å². The van der Waals surface area contributed by atoms with Crippen molar-refractivity contribution >= 4 is 33.9 Å². The minimum atomic E-state index is -4.37. The maximum atomic E-state index is 14.7. The lowest BCUT2D eigenvalue weighted by Gasteiger charge is -2.40. The van der Waals surface area contributed by atoms with Gasteiger partial charge in [-0.05, 0) is 69.6 Å². The number of anilines is 2. The van der Waals surface area contributed by atoms with Gasteiger partial charge in [-0.3, -0.25) is 15.1 Å². The number of aromatic nitrogens is 2. The Kier molecular flexibility index (Phi) is 8.96. The van der Waals surface area contributed by atoms with E-state index in [1.165, 1.54) is 12.3 Å². The number of hydrogen-bond donors (Lipinski definition) is 1. The number of amides is 1. The maximum absolute atomic E-state index is 14.7. The molecule has 13 heteroatoms. The summed E-state index contributed by atoms with van der Waals surface area (Å²) in [6.07, 6.45) is -2.62. The van der Waals surface area contributed by atoms with Crippen molar-refractivity contribution < 1.29 is 36.3 Å². The Labute approximate surface area is 262 Å². The molecule has 1 N–H and O–H groups in total. The van der Waals surface area contributed by atoms with Gasteiger partial charge in [-0.25, -0.2) is 18.6 Å². The maximum Gasteiger partial charge on any atom is 0.412 e. The van der Waals surface area contributed by atoms with Crippen molar-refractivity contribution in [3.05, 3.63) is 58.5 Å². The van der Waals surface area contributed by atoms with Crippen molar-refractivity contribution in [2.45, 2.75) is 78.0 Å². The largest absolute Gasteiger partial charge is 0.444 e. The third-order valence-electron chi connectivity index (χ3n) is 8.03. The Morgan fingerprint density at radius 3 is 2.44 bits per heavy atom. The first-order valence-electron chi connectivity index (χ1n) is 14.8. The van der Waals surface area contributed by atoms with E-state index in [0.717, 1.165) is 29.8 Å². The van der Waals surface area contributed by atoms with Gasteiger partial charge in [0.05, 0.1) is 11.5 Å². The highest BCUT2D eigenvalue weighted by Gasteiger charge is 2.44. The molecule has 1 aliphatic carbocycles. The lowest BCUT2D eigenvalue weighted by molar-refractivity contribution is -0.178. The molecule has 242 valence electrons. The van der Waals surface area contributed by atoms with Crippen molar-refractivity contribution in [1.29, 1.82) is 0 Å². The van der Waals surface area contributed by atoms with Crippen LogP contribution in [0.15, 0.2) is 24.4 Å². The molecule has 2 aliphatic rings. The molecule has 1 aliphatic heterocycles. The Bertz CT molecular complexity index is 1600. The number of halogens is 5. The molecule has 0 bridgehead atoms. The summed E-state index contributed by atoms with van der Waals surface area (Å²) in [4.78, 5) is 37.2. The molecule has 1 aromatic carbocycles. The Morgan fingerprint density at radius 1 is 1.11 bits per heavy atom. The summed E-state index contributed by atoms with van der Waals surface area (Å²) in [5, 5.41) is 2.26. The molecule has 0 radical (unpaired) electrons. The topological polar surface area (TPSA) is 84.4 Å². The summed E-state index contributed by atoms with van der Waals surface area (Å²) in [5.41, 5.74) is 1.07. The zero-order chi connectivity index (χ0) is 32.8. The highest BCUT2D eigenvalue weighted by Crippen LogP contribution is 2.44. The molecule has 3 atom stereocenters. The first-order chi connectivity index (χ1) is 21.0. The van der Waals surface area contributed by atoms with E-state index in [9.17, 15) is 31.5 Å².